The van der Waals surface area contributed by atoms with E-state index in [0.717, 1.165) is 19.3 Å². The summed E-state index contributed by atoms with van der Waals surface area (Å²) in [5, 5.41) is 21.3. The summed E-state index contributed by atoms with van der Waals surface area (Å²) in [6.07, 6.45) is 4.20. The van der Waals surface area contributed by atoms with Gasteiger partial charge in [0.2, 0.25) is 0 Å². The summed E-state index contributed by atoms with van der Waals surface area (Å²) < 4.78 is 20.8. The molecule has 1 aliphatic heterocycles. The molecule has 0 saturated heterocycles. The molecule has 4 heterocycles. The maximum atomic E-state index is 14.3. The van der Waals surface area contributed by atoms with E-state index < -0.39 is 12.4 Å². The van der Waals surface area contributed by atoms with Crippen LogP contribution in [0.1, 0.15) is 31.2 Å². The highest BCUT2D eigenvalue weighted by Gasteiger charge is 2.41. The number of rotatable bonds is 6. The monoisotopic (exact) mass is 442 g/mol. The van der Waals surface area contributed by atoms with Crippen molar-refractivity contribution in [2.45, 2.75) is 36.1 Å². The molecule has 2 aliphatic rings. The summed E-state index contributed by atoms with van der Waals surface area (Å²) in [5.74, 6) is 0.795. The van der Waals surface area contributed by atoms with Crippen molar-refractivity contribution in [3.05, 3.63) is 48.2 Å². The summed E-state index contributed by atoms with van der Waals surface area (Å²) >= 11 is 1.42. The maximum Gasteiger partial charge on any atom is 0.507 e. The van der Waals surface area contributed by atoms with Gasteiger partial charge in [-0.25, -0.2) is 14.2 Å². The number of hydrogen-bond acceptors (Lipinski definition) is 8. The number of imidazole rings is 1. The van der Waals surface area contributed by atoms with Crippen LogP contribution in [-0.2, 0) is 10.2 Å². The minimum Gasteiger partial charge on any atom is -0.450 e. The number of carboxylic acid groups (broad SMARTS) is 1. The zero-order valence-electron chi connectivity index (χ0n) is 16.4. The molecule has 1 saturated carbocycles. The van der Waals surface area contributed by atoms with E-state index in [1.165, 1.54) is 17.8 Å². The number of halogens is 1. The molecule has 0 bridgehead atoms. The minimum atomic E-state index is -1.32. The predicted molar refractivity (Wildman–Crippen MR) is 110 cm³/mol. The molecular weight excluding hydrogens is 423 g/mol. The van der Waals surface area contributed by atoms with Gasteiger partial charge in [-0.15, -0.1) is 10.2 Å². The third-order valence-corrected chi connectivity index (χ3v) is 6.72. The molecule has 160 valence electrons. The Morgan fingerprint density at radius 3 is 2.87 bits per heavy atom. The fourth-order valence-electron chi connectivity index (χ4n) is 3.95. The molecule has 2 N–H and O–H groups in total. The van der Waals surface area contributed by atoms with E-state index in [-0.39, 0.29) is 11.2 Å². The summed E-state index contributed by atoms with van der Waals surface area (Å²) in [5.41, 5.74) is 1.33. The van der Waals surface area contributed by atoms with E-state index in [1.807, 2.05) is 0 Å². The Bertz CT molecular complexity index is 1120. The molecule has 5 rings (SSSR count). The van der Waals surface area contributed by atoms with Crippen LogP contribution in [0.25, 0.3) is 11.4 Å². The van der Waals surface area contributed by atoms with Crippen LogP contribution < -0.4 is 5.32 Å². The van der Waals surface area contributed by atoms with Gasteiger partial charge in [0, 0.05) is 24.4 Å². The van der Waals surface area contributed by atoms with Crippen LogP contribution in [-0.4, -0.2) is 48.3 Å². The molecule has 1 aliphatic carbocycles. The first-order chi connectivity index (χ1) is 15.0. The standard InChI is InChI=1S/C20H19FN6O3S/c21-12-3-1-8-22-17(12)20(6-2-7-20)11-23-15-5-4-13(25-26-15)14-9-27-16(30-19(28)29)10-31-18(27)24-14/h1,3-5,8-9,16H,2,6-7,10-11H2,(H,23,26)(H,28,29). The first-order valence-corrected chi connectivity index (χ1v) is 10.8. The Morgan fingerprint density at radius 1 is 1.32 bits per heavy atom. The molecule has 11 heteroatoms. The highest BCUT2D eigenvalue weighted by atomic mass is 32.2. The second kappa shape index (κ2) is 7.80. The van der Waals surface area contributed by atoms with E-state index in [2.05, 4.69) is 25.5 Å². The van der Waals surface area contributed by atoms with Crippen molar-refractivity contribution in [2.24, 2.45) is 0 Å². The van der Waals surface area contributed by atoms with Crippen molar-refractivity contribution < 1.29 is 19.0 Å². The van der Waals surface area contributed by atoms with Crippen molar-refractivity contribution in [2.75, 3.05) is 17.6 Å². The van der Waals surface area contributed by atoms with Crippen LogP contribution in [0.5, 0.6) is 0 Å². The van der Waals surface area contributed by atoms with Gasteiger partial charge in [-0.3, -0.25) is 9.55 Å². The molecule has 1 unspecified atom stereocenters. The Hall–Kier alpha value is -3.21. The second-order valence-electron chi connectivity index (χ2n) is 7.59. The number of carbonyl (C=O) groups is 1. The van der Waals surface area contributed by atoms with Crippen LogP contribution in [0.2, 0.25) is 0 Å². The predicted octanol–water partition coefficient (Wildman–Crippen LogP) is 3.71. The zero-order chi connectivity index (χ0) is 21.4. The maximum absolute atomic E-state index is 14.3. The lowest BCUT2D eigenvalue weighted by Gasteiger charge is -2.41. The number of anilines is 1. The van der Waals surface area contributed by atoms with Gasteiger partial charge in [0.05, 0.1) is 11.4 Å². The first-order valence-electron chi connectivity index (χ1n) is 9.84. The average Bonchev–Trinajstić information content (AvgIpc) is 3.31. The van der Waals surface area contributed by atoms with Crippen molar-refractivity contribution in [1.29, 1.82) is 0 Å². The Kier molecular flexibility index (Phi) is 4.97. The van der Waals surface area contributed by atoms with Crippen molar-refractivity contribution in [1.82, 2.24) is 24.7 Å². The lowest BCUT2D eigenvalue weighted by atomic mass is 9.66. The number of nitrogens with zero attached hydrogens (tertiary/aromatic N) is 5. The number of hydrogen-bond donors (Lipinski definition) is 2. The van der Waals surface area contributed by atoms with Gasteiger partial charge in [0.15, 0.2) is 11.4 Å². The molecule has 1 fully saturated rings. The lowest BCUT2D eigenvalue weighted by molar-refractivity contribution is 0.0296. The van der Waals surface area contributed by atoms with Gasteiger partial charge in [0.1, 0.15) is 23.0 Å². The summed E-state index contributed by atoms with van der Waals surface area (Å²) in [4.78, 5) is 19.6. The van der Waals surface area contributed by atoms with Crippen molar-refractivity contribution in [3.63, 3.8) is 0 Å². The number of thioether (sulfide) groups is 1. The van der Waals surface area contributed by atoms with E-state index in [0.29, 0.717) is 40.4 Å². The minimum absolute atomic E-state index is 0.277. The quantitative estimate of drug-likeness (QED) is 0.551. The smallest absolute Gasteiger partial charge is 0.450 e. The molecule has 31 heavy (non-hydrogen) atoms. The topological polar surface area (TPSA) is 115 Å². The van der Waals surface area contributed by atoms with Gasteiger partial charge in [-0.05, 0) is 37.1 Å². The summed E-state index contributed by atoms with van der Waals surface area (Å²) in [6, 6.07) is 6.64. The van der Waals surface area contributed by atoms with Gasteiger partial charge in [-0.2, -0.15) is 0 Å². The Balaban J connectivity index is 1.28. The number of pyridine rings is 1. The van der Waals surface area contributed by atoms with Gasteiger partial charge in [0.25, 0.3) is 0 Å². The Morgan fingerprint density at radius 2 is 2.19 bits per heavy atom. The van der Waals surface area contributed by atoms with Crippen LogP contribution in [0.15, 0.2) is 41.8 Å². The lowest BCUT2D eigenvalue weighted by Crippen LogP contribution is -2.42. The Labute approximate surface area is 181 Å². The molecule has 3 aromatic heterocycles. The van der Waals surface area contributed by atoms with Gasteiger partial charge in [-0.1, -0.05) is 18.2 Å². The second-order valence-corrected chi connectivity index (χ2v) is 8.58. The summed E-state index contributed by atoms with van der Waals surface area (Å²) in [7, 11) is 0. The highest BCUT2D eigenvalue weighted by Crippen LogP contribution is 2.43. The third kappa shape index (κ3) is 3.69. The fourth-order valence-corrected chi connectivity index (χ4v) is 4.95. The first kappa shape index (κ1) is 19.7. The molecule has 0 amide bonds. The van der Waals surface area contributed by atoms with Crippen LogP contribution in [0.3, 0.4) is 0 Å². The number of nitrogens with one attached hydrogen (secondary N) is 1. The molecule has 0 aromatic carbocycles. The average molecular weight is 442 g/mol. The summed E-state index contributed by atoms with van der Waals surface area (Å²) in [6.45, 7) is 0.526. The van der Waals surface area contributed by atoms with Crippen LogP contribution >= 0.6 is 11.8 Å². The molecule has 3 aromatic rings. The molecule has 9 nitrogen and oxygen atoms in total. The molecule has 1 atom stereocenters. The molecule has 0 radical (unpaired) electrons. The molecular formula is C20H19FN6O3S. The SMILES string of the molecule is O=C(O)OC1CSc2nc(-c3ccc(NCC4(c5ncccc5F)CCC4)nn3)cn21. The van der Waals surface area contributed by atoms with E-state index in [4.69, 9.17) is 9.84 Å². The number of fused-ring (bicyclic) bond motifs is 1. The van der Waals surface area contributed by atoms with Crippen LogP contribution in [0, 0.1) is 5.82 Å². The number of aromatic nitrogens is 5. The number of ether oxygens (including phenoxy) is 1. The van der Waals surface area contributed by atoms with E-state index >= 15 is 0 Å². The van der Waals surface area contributed by atoms with Crippen LogP contribution in [0.4, 0.5) is 15.0 Å². The van der Waals surface area contributed by atoms with Gasteiger partial charge >= 0.3 is 6.16 Å². The van der Waals surface area contributed by atoms with Crippen molar-refractivity contribution >= 4 is 23.7 Å². The van der Waals surface area contributed by atoms with E-state index in [1.54, 1.807) is 35.2 Å². The van der Waals surface area contributed by atoms with E-state index in [9.17, 15) is 9.18 Å². The van der Waals surface area contributed by atoms with Gasteiger partial charge < -0.3 is 15.2 Å². The third-order valence-electron chi connectivity index (χ3n) is 5.71. The highest BCUT2D eigenvalue weighted by molar-refractivity contribution is 7.99. The molecule has 0 spiro atoms. The fraction of sp³-hybridized carbons (Fsp3) is 0.350. The normalized spacial score (nSPS) is 18.8. The zero-order valence-corrected chi connectivity index (χ0v) is 17.2. The largest absolute Gasteiger partial charge is 0.507 e. The van der Waals surface area contributed by atoms with Crippen molar-refractivity contribution in [3.8, 4) is 11.4 Å².